The molecule has 39 heavy (non-hydrogen) atoms. The van der Waals surface area contributed by atoms with Crippen LogP contribution in [0, 0.1) is 0 Å². The maximum Gasteiger partial charge on any atom is 0.410 e. The minimum atomic E-state index is -0.845. The van der Waals surface area contributed by atoms with Gasteiger partial charge in [0.1, 0.15) is 28.8 Å². The van der Waals surface area contributed by atoms with Gasteiger partial charge >= 0.3 is 18.0 Å². The predicted molar refractivity (Wildman–Crippen MR) is 140 cm³/mol. The molecule has 0 saturated carbocycles. The second-order valence-electron chi connectivity index (χ2n) is 10.0. The zero-order valence-corrected chi connectivity index (χ0v) is 22.7. The van der Waals surface area contributed by atoms with E-state index in [9.17, 15) is 24.3 Å². The Hall–Kier alpha value is -4.28. The van der Waals surface area contributed by atoms with Crippen molar-refractivity contribution >= 4 is 23.9 Å². The van der Waals surface area contributed by atoms with Crippen molar-refractivity contribution in [3.8, 4) is 11.5 Å². The molecule has 1 heterocycles. The smallest absolute Gasteiger partial charge is 0.410 e. The molecule has 2 N–H and O–H groups in total. The molecule has 2 amide bonds. The molecular formula is C28H34N2O9. The molecule has 0 bridgehead atoms. The van der Waals surface area contributed by atoms with Crippen molar-refractivity contribution in [3.05, 3.63) is 59.2 Å². The van der Waals surface area contributed by atoms with Gasteiger partial charge in [0.05, 0.1) is 25.8 Å². The summed E-state index contributed by atoms with van der Waals surface area (Å²) in [6.07, 6.45) is -0.616. The fraction of sp³-hybridized carbons (Fsp3) is 0.429. The number of phenolic OH excluding ortho intramolecular Hbond substituents is 1. The van der Waals surface area contributed by atoms with Crippen molar-refractivity contribution in [3.63, 3.8) is 0 Å². The second-order valence-corrected chi connectivity index (χ2v) is 10.0. The third kappa shape index (κ3) is 7.62. The van der Waals surface area contributed by atoms with Gasteiger partial charge in [-0.15, -0.1) is 0 Å². The molecule has 0 spiro atoms. The van der Waals surface area contributed by atoms with Crippen LogP contribution in [0.3, 0.4) is 0 Å². The Labute approximate surface area is 227 Å². The van der Waals surface area contributed by atoms with Crippen LogP contribution in [0.15, 0.2) is 42.5 Å². The van der Waals surface area contributed by atoms with E-state index in [1.54, 1.807) is 26.8 Å². The van der Waals surface area contributed by atoms with E-state index in [4.69, 9.17) is 18.9 Å². The monoisotopic (exact) mass is 542 g/mol. The molecule has 0 aromatic heterocycles. The number of esters is 2. The number of ether oxygens (including phenoxy) is 4. The first-order chi connectivity index (χ1) is 18.4. The van der Waals surface area contributed by atoms with Gasteiger partial charge in [0.25, 0.3) is 5.91 Å². The predicted octanol–water partition coefficient (Wildman–Crippen LogP) is 3.54. The summed E-state index contributed by atoms with van der Waals surface area (Å²) in [5.41, 5.74) is -0.595. The van der Waals surface area contributed by atoms with E-state index < -0.39 is 41.7 Å². The van der Waals surface area contributed by atoms with Crippen molar-refractivity contribution in [2.24, 2.45) is 0 Å². The van der Waals surface area contributed by atoms with E-state index in [0.717, 1.165) is 0 Å². The van der Waals surface area contributed by atoms with Gasteiger partial charge in [-0.25, -0.2) is 14.4 Å². The summed E-state index contributed by atoms with van der Waals surface area (Å²) in [7, 11) is 2.55. The number of carbonyl (C=O) groups excluding carboxylic acids is 4. The molecular weight excluding hydrogens is 508 g/mol. The van der Waals surface area contributed by atoms with E-state index >= 15 is 0 Å². The number of amides is 2. The standard InChI is InChI=1S/C28H34N2O9/c1-28(2,3)39-27(35)30-15-7-10-21(20(16-30)29-24(32)17-11-13-18(31)14-12-17)38-25(33)19-8-6-9-22(36-4)23(19)26(34)37-5/h6,8-9,11-14,20-21,31H,7,10,15-16H2,1-5H3,(H,29,32)/t20-,21-/m1/s1. The molecule has 1 fully saturated rings. The Bertz CT molecular complexity index is 1200. The lowest BCUT2D eigenvalue weighted by Crippen LogP contribution is -2.51. The molecule has 1 saturated heterocycles. The fourth-order valence-electron chi connectivity index (χ4n) is 4.15. The highest BCUT2D eigenvalue weighted by Crippen LogP contribution is 2.26. The second kappa shape index (κ2) is 12.5. The summed E-state index contributed by atoms with van der Waals surface area (Å²) >= 11 is 0. The average molecular weight is 543 g/mol. The first-order valence-corrected chi connectivity index (χ1v) is 12.5. The number of phenols is 1. The maximum absolute atomic E-state index is 13.3. The molecule has 11 heteroatoms. The number of likely N-dealkylation sites (tertiary alicyclic amines) is 1. The summed E-state index contributed by atoms with van der Waals surface area (Å²) in [6, 6.07) is 9.34. The first kappa shape index (κ1) is 29.3. The Balaban J connectivity index is 1.90. The molecule has 2 atom stereocenters. The van der Waals surface area contributed by atoms with Gasteiger partial charge in [0.15, 0.2) is 0 Å². The normalized spacial score (nSPS) is 17.4. The van der Waals surface area contributed by atoms with Gasteiger partial charge in [-0.1, -0.05) is 6.07 Å². The SMILES string of the molecule is COC(=O)c1c(OC)cccc1C(=O)O[C@@H]1CCCN(C(=O)OC(C)(C)C)C[C@H]1NC(=O)c1ccc(O)cc1. The fourth-order valence-corrected chi connectivity index (χ4v) is 4.15. The molecule has 210 valence electrons. The number of nitrogens with one attached hydrogen (secondary N) is 1. The topological polar surface area (TPSA) is 141 Å². The van der Waals surface area contributed by atoms with Gasteiger partial charge in [0, 0.05) is 18.7 Å². The molecule has 2 aromatic rings. The lowest BCUT2D eigenvalue weighted by Gasteiger charge is -2.30. The molecule has 0 radical (unpaired) electrons. The highest BCUT2D eigenvalue weighted by atomic mass is 16.6. The number of nitrogens with zero attached hydrogens (tertiary/aromatic N) is 1. The number of hydrogen-bond donors (Lipinski definition) is 2. The van der Waals surface area contributed by atoms with Crippen molar-refractivity contribution in [2.75, 3.05) is 27.3 Å². The number of aromatic hydroxyl groups is 1. The Morgan fingerprint density at radius 1 is 1.00 bits per heavy atom. The van der Waals surface area contributed by atoms with Crippen molar-refractivity contribution in [1.82, 2.24) is 10.2 Å². The molecule has 0 unspecified atom stereocenters. The maximum atomic E-state index is 13.3. The average Bonchev–Trinajstić information content (AvgIpc) is 3.09. The van der Waals surface area contributed by atoms with Crippen LogP contribution in [0.5, 0.6) is 11.5 Å². The zero-order chi connectivity index (χ0) is 28.7. The van der Waals surface area contributed by atoms with E-state index in [0.29, 0.717) is 19.4 Å². The van der Waals surface area contributed by atoms with Gasteiger partial charge in [-0.2, -0.15) is 0 Å². The molecule has 0 aliphatic carbocycles. The van der Waals surface area contributed by atoms with E-state index in [1.807, 2.05) is 0 Å². The first-order valence-electron chi connectivity index (χ1n) is 12.5. The van der Waals surface area contributed by atoms with Crippen molar-refractivity contribution in [1.29, 1.82) is 0 Å². The summed E-state index contributed by atoms with van der Waals surface area (Å²) in [5, 5.41) is 12.4. The third-order valence-electron chi connectivity index (χ3n) is 5.99. The summed E-state index contributed by atoms with van der Waals surface area (Å²) in [5.74, 6) is -1.92. The summed E-state index contributed by atoms with van der Waals surface area (Å²) in [4.78, 5) is 53.2. The van der Waals surface area contributed by atoms with Crippen LogP contribution >= 0.6 is 0 Å². The van der Waals surface area contributed by atoms with Crippen molar-refractivity contribution < 1.29 is 43.2 Å². The number of hydrogen-bond acceptors (Lipinski definition) is 9. The van der Waals surface area contributed by atoms with E-state index in [-0.39, 0.29) is 34.7 Å². The van der Waals surface area contributed by atoms with Gasteiger partial charge in [-0.05, 0) is 70.0 Å². The molecule has 1 aliphatic rings. The van der Waals surface area contributed by atoms with Gasteiger partial charge in [-0.3, -0.25) is 4.79 Å². The largest absolute Gasteiger partial charge is 0.508 e. The van der Waals surface area contributed by atoms with Crippen LogP contribution in [0.2, 0.25) is 0 Å². The van der Waals surface area contributed by atoms with Crippen molar-refractivity contribution in [2.45, 2.75) is 51.4 Å². The van der Waals surface area contributed by atoms with Crippen LogP contribution in [-0.2, 0) is 14.2 Å². The van der Waals surface area contributed by atoms with Gasteiger partial charge in [0.2, 0.25) is 0 Å². The van der Waals surface area contributed by atoms with Crippen LogP contribution in [0.1, 0.15) is 64.7 Å². The molecule has 1 aliphatic heterocycles. The zero-order valence-electron chi connectivity index (χ0n) is 22.7. The number of rotatable bonds is 6. The van der Waals surface area contributed by atoms with Gasteiger partial charge < -0.3 is 34.3 Å². The minimum Gasteiger partial charge on any atom is -0.508 e. The summed E-state index contributed by atoms with van der Waals surface area (Å²) < 4.78 is 21.4. The summed E-state index contributed by atoms with van der Waals surface area (Å²) in [6.45, 7) is 5.60. The third-order valence-corrected chi connectivity index (χ3v) is 5.99. The van der Waals surface area contributed by atoms with E-state index in [1.165, 1.54) is 55.5 Å². The number of carbonyl (C=O) groups is 4. The highest BCUT2D eigenvalue weighted by Gasteiger charge is 2.36. The lowest BCUT2D eigenvalue weighted by molar-refractivity contribution is 0.0123. The Kier molecular flexibility index (Phi) is 9.39. The molecule has 3 rings (SSSR count). The van der Waals surface area contributed by atoms with Crippen LogP contribution in [0.25, 0.3) is 0 Å². The van der Waals surface area contributed by atoms with Crippen LogP contribution in [-0.4, -0.2) is 79.0 Å². The number of benzene rings is 2. The number of methoxy groups -OCH3 is 2. The molecule has 11 nitrogen and oxygen atoms in total. The molecule has 2 aromatic carbocycles. The van der Waals surface area contributed by atoms with Crippen LogP contribution in [0.4, 0.5) is 4.79 Å². The Morgan fingerprint density at radius 3 is 2.31 bits per heavy atom. The van der Waals surface area contributed by atoms with E-state index in [2.05, 4.69) is 5.32 Å². The highest BCUT2D eigenvalue weighted by molar-refractivity contribution is 6.05. The minimum absolute atomic E-state index is 0.00335. The lowest BCUT2D eigenvalue weighted by atomic mass is 10.0. The van der Waals surface area contributed by atoms with Crippen LogP contribution < -0.4 is 10.1 Å². The quantitative estimate of drug-likeness (QED) is 0.414. The Morgan fingerprint density at radius 2 is 1.69 bits per heavy atom.